The van der Waals surface area contributed by atoms with Crippen LogP contribution in [0.25, 0.3) is 11.6 Å². The fraction of sp³-hybridized carbons (Fsp3) is 0.120. The van der Waals surface area contributed by atoms with Gasteiger partial charge in [0.15, 0.2) is 18.1 Å². The standard InChI is InChI=1S/C25H21ClN2O3/c1-17-8-10-19(11-9-17)20(15-27)12-18-13-22(26)25(23(14-18)30-2)31-16-24(29)28-21-6-4-3-5-7-21/h3-14H,16H2,1-2H3,(H,28,29)/b20-12-. The van der Waals surface area contributed by atoms with Crippen LogP contribution in [0.15, 0.2) is 66.7 Å². The number of aryl methyl sites for hydroxylation is 1. The smallest absolute Gasteiger partial charge is 0.262 e. The normalized spacial score (nSPS) is 10.8. The highest BCUT2D eigenvalue weighted by Crippen LogP contribution is 2.37. The monoisotopic (exact) mass is 432 g/mol. The quantitative estimate of drug-likeness (QED) is 0.381. The van der Waals surface area contributed by atoms with E-state index in [0.717, 1.165) is 11.1 Å². The summed E-state index contributed by atoms with van der Waals surface area (Å²) in [6, 6.07) is 22.4. The van der Waals surface area contributed by atoms with Crippen LogP contribution in [0.1, 0.15) is 16.7 Å². The van der Waals surface area contributed by atoms with Gasteiger partial charge in [-0.15, -0.1) is 0 Å². The minimum Gasteiger partial charge on any atom is -0.493 e. The van der Waals surface area contributed by atoms with Crippen molar-refractivity contribution in [1.82, 2.24) is 0 Å². The molecule has 0 aliphatic carbocycles. The molecule has 156 valence electrons. The van der Waals surface area contributed by atoms with Gasteiger partial charge >= 0.3 is 0 Å². The van der Waals surface area contributed by atoms with Crippen molar-refractivity contribution >= 4 is 34.8 Å². The molecule has 0 atom stereocenters. The van der Waals surface area contributed by atoms with Crippen molar-refractivity contribution in [3.63, 3.8) is 0 Å². The zero-order chi connectivity index (χ0) is 22.2. The Hall–Kier alpha value is -3.75. The van der Waals surface area contributed by atoms with Crippen LogP contribution in [0, 0.1) is 18.3 Å². The molecule has 0 saturated carbocycles. The van der Waals surface area contributed by atoms with Crippen molar-refractivity contribution in [3.05, 3.63) is 88.4 Å². The number of benzene rings is 3. The fourth-order valence-electron chi connectivity index (χ4n) is 2.90. The third kappa shape index (κ3) is 5.88. The molecule has 3 aromatic rings. The van der Waals surface area contributed by atoms with E-state index < -0.39 is 0 Å². The number of nitriles is 1. The van der Waals surface area contributed by atoms with E-state index in [0.29, 0.717) is 22.6 Å². The Bertz CT molecular complexity index is 1130. The van der Waals surface area contributed by atoms with Gasteiger partial charge in [0.2, 0.25) is 0 Å². The summed E-state index contributed by atoms with van der Waals surface area (Å²) >= 11 is 6.40. The first kappa shape index (κ1) is 21.9. The third-order valence-electron chi connectivity index (χ3n) is 4.45. The summed E-state index contributed by atoms with van der Waals surface area (Å²) in [7, 11) is 1.49. The lowest BCUT2D eigenvalue weighted by molar-refractivity contribution is -0.118. The highest BCUT2D eigenvalue weighted by atomic mass is 35.5. The number of para-hydroxylation sites is 1. The van der Waals surface area contributed by atoms with E-state index >= 15 is 0 Å². The molecule has 1 N–H and O–H groups in total. The predicted molar refractivity (Wildman–Crippen MR) is 123 cm³/mol. The largest absolute Gasteiger partial charge is 0.493 e. The minimum absolute atomic E-state index is 0.229. The van der Waals surface area contributed by atoms with Gasteiger partial charge in [-0.05, 0) is 48.4 Å². The number of hydrogen-bond donors (Lipinski definition) is 1. The second-order valence-corrected chi connectivity index (χ2v) is 7.18. The molecule has 0 spiro atoms. The van der Waals surface area contributed by atoms with Gasteiger partial charge in [-0.25, -0.2) is 0 Å². The number of amides is 1. The summed E-state index contributed by atoms with van der Waals surface area (Å²) in [6.07, 6.45) is 1.73. The number of carbonyl (C=O) groups is 1. The average Bonchev–Trinajstić information content (AvgIpc) is 2.77. The van der Waals surface area contributed by atoms with E-state index in [1.54, 1.807) is 30.3 Å². The van der Waals surface area contributed by atoms with Gasteiger partial charge < -0.3 is 14.8 Å². The summed E-state index contributed by atoms with van der Waals surface area (Å²) in [5.41, 5.74) is 3.77. The number of halogens is 1. The second-order valence-electron chi connectivity index (χ2n) is 6.77. The molecule has 3 rings (SSSR count). The van der Waals surface area contributed by atoms with Crippen LogP contribution in [0.4, 0.5) is 5.69 Å². The molecule has 5 nitrogen and oxygen atoms in total. The van der Waals surface area contributed by atoms with E-state index in [1.165, 1.54) is 7.11 Å². The zero-order valence-corrected chi connectivity index (χ0v) is 17.9. The molecule has 6 heteroatoms. The molecule has 0 aliphatic heterocycles. The number of hydrogen-bond acceptors (Lipinski definition) is 4. The second kappa shape index (κ2) is 10.3. The van der Waals surface area contributed by atoms with Crippen molar-refractivity contribution in [2.24, 2.45) is 0 Å². The molecule has 3 aromatic carbocycles. The van der Waals surface area contributed by atoms with Crippen LogP contribution in [0.2, 0.25) is 5.02 Å². The van der Waals surface area contributed by atoms with Gasteiger partial charge in [0.25, 0.3) is 5.91 Å². The molecule has 0 unspecified atom stereocenters. The van der Waals surface area contributed by atoms with Crippen molar-refractivity contribution in [2.75, 3.05) is 19.0 Å². The Morgan fingerprint density at radius 1 is 1.13 bits per heavy atom. The van der Waals surface area contributed by atoms with Crippen molar-refractivity contribution < 1.29 is 14.3 Å². The maximum atomic E-state index is 12.2. The summed E-state index contributed by atoms with van der Waals surface area (Å²) in [5, 5.41) is 12.6. The van der Waals surface area contributed by atoms with Crippen LogP contribution in [0.3, 0.4) is 0 Å². The van der Waals surface area contributed by atoms with Crippen LogP contribution >= 0.6 is 11.6 Å². The first-order valence-corrected chi connectivity index (χ1v) is 9.92. The lowest BCUT2D eigenvalue weighted by Gasteiger charge is -2.13. The third-order valence-corrected chi connectivity index (χ3v) is 4.73. The van der Waals surface area contributed by atoms with E-state index in [1.807, 2.05) is 49.4 Å². The number of nitrogens with zero attached hydrogens (tertiary/aromatic N) is 1. The predicted octanol–water partition coefficient (Wildman–Crippen LogP) is 5.74. The average molecular weight is 433 g/mol. The highest BCUT2D eigenvalue weighted by Gasteiger charge is 2.14. The molecule has 1 amide bonds. The van der Waals surface area contributed by atoms with Crippen LogP contribution in [-0.2, 0) is 4.79 Å². The van der Waals surface area contributed by atoms with Gasteiger partial charge in [0, 0.05) is 5.69 Å². The first-order valence-electron chi connectivity index (χ1n) is 9.54. The van der Waals surface area contributed by atoms with E-state index in [9.17, 15) is 10.1 Å². The Labute approximate surface area is 186 Å². The van der Waals surface area contributed by atoms with Gasteiger partial charge in [-0.1, -0.05) is 59.6 Å². The van der Waals surface area contributed by atoms with Gasteiger partial charge in [0.1, 0.15) is 0 Å². The molecule has 0 fully saturated rings. The summed E-state index contributed by atoms with van der Waals surface area (Å²) in [6.45, 7) is 1.76. The highest BCUT2D eigenvalue weighted by molar-refractivity contribution is 6.32. The molecule has 31 heavy (non-hydrogen) atoms. The van der Waals surface area contributed by atoms with Crippen LogP contribution in [-0.4, -0.2) is 19.6 Å². The topological polar surface area (TPSA) is 71.3 Å². The number of nitrogens with one attached hydrogen (secondary N) is 1. The van der Waals surface area contributed by atoms with Crippen molar-refractivity contribution in [3.8, 4) is 17.6 Å². The van der Waals surface area contributed by atoms with Gasteiger partial charge in [-0.3, -0.25) is 4.79 Å². The lowest BCUT2D eigenvalue weighted by atomic mass is 10.0. The number of rotatable bonds is 7. The summed E-state index contributed by atoms with van der Waals surface area (Å²) < 4.78 is 11.0. The number of methoxy groups -OCH3 is 1. The minimum atomic E-state index is -0.320. The Kier molecular flexibility index (Phi) is 7.31. The van der Waals surface area contributed by atoms with E-state index in [4.69, 9.17) is 21.1 Å². The van der Waals surface area contributed by atoms with Gasteiger partial charge in [0.05, 0.1) is 23.8 Å². The number of ether oxygens (including phenoxy) is 2. The molecule has 0 bridgehead atoms. The number of anilines is 1. The Morgan fingerprint density at radius 3 is 2.48 bits per heavy atom. The molecule has 0 saturated heterocycles. The molecular formula is C25H21ClN2O3. The zero-order valence-electron chi connectivity index (χ0n) is 17.2. The van der Waals surface area contributed by atoms with Crippen molar-refractivity contribution in [2.45, 2.75) is 6.92 Å². The summed E-state index contributed by atoms with van der Waals surface area (Å²) in [5.74, 6) is 0.310. The summed E-state index contributed by atoms with van der Waals surface area (Å²) in [4.78, 5) is 12.2. The maximum Gasteiger partial charge on any atom is 0.262 e. The van der Waals surface area contributed by atoms with E-state index in [2.05, 4.69) is 11.4 Å². The fourth-order valence-corrected chi connectivity index (χ4v) is 3.17. The molecule has 0 aliphatic rings. The van der Waals surface area contributed by atoms with Crippen LogP contribution in [0.5, 0.6) is 11.5 Å². The Balaban J connectivity index is 1.78. The molecule has 0 heterocycles. The van der Waals surface area contributed by atoms with Gasteiger partial charge in [-0.2, -0.15) is 5.26 Å². The molecular weight excluding hydrogens is 412 g/mol. The van der Waals surface area contributed by atoms with E-state index in [-0.39, 0.29) is 23.3 Å². The molecule has 0 radical (unpaired) electrons. The maximum absolute atomic E-state index is 12.2. The number of carbonyl (C=O) groups excluding carboxylic acids is 1. The first-order chi connectivity index (χ1) is 15.0. The molecule has 0 aromatic heterocycles. The van der Waals surface area contributed by atoms with Crippen molar-refractivity contribution in [1.29, 1.82) is 5.26 Å². The van der Waals surface area contributed by atoms with Crippen LogP contribution < -0.4 is 14.8 Å². The lowest BCUT2D eigenvalue weighted by Crippen LogP contribution is -2.20. The SMILES string of the molecule is COc1cc(/C=C(/C#N)c2ccc(C)cc2)cc(Cl)c1OCC(=O)Nc1ccccc1. The Morgan fingerprint density at radius 2 is 1.84 bits per heavy atom. The number of allylic oxidation sites excluding steroid dienone is 1.